The fourth-order valence-electron chi connectivity index (χ4n) is 3.58. The van der Waals surface area contributed by atoms with Gasteiger partial charge in [-0.3, -0.25) is 9.59 Å². The quantitative estimate of drug-likeness (QED) is 0.713. The predicted octanol–water partition coefficient (Wildman–Crippen LogP) is 4.12. The minimum Gasteiger partial charge on any atom is -0.348 e. The van der Waals surface area contributed by atoms with Gasteiger partial charge in [0.15, 0.2) is 0 Å². The Kier molecular flexibility index (Phi) is 5.07. The topological polar surface area (TPSA) is 63.1 Å². The summed E-state index contributed by atoms with van der Waals surface area (Å²) in [6.45, 7) is 4.70. The molecule has 0 aliphatic heterocycles. The van der Waals surface area contributed by atoms with Gasteiger partial charge in [0.25, 0.3) is 0 Å². The molecule has 0 unspecified atom stereocenters. The van der Waals surface area contributed by atoms with Crippen molar-refractivity contribution in [2.45, 2.75) is 52.1 Å². The number of aryl methyl sites for hydroxylation is 1. The second kappa shape index (κ2) is 7.66. The van der Waals surface area contributed by atoms with E-state index >= 15 is 0 Å². The summed E-state index contributed by atoms with van der Waals surface area (Å²) in [6, 6.07) is 10.4. The van der Waals surface area contributed by atoms with Gasteiger partial charge in [0.05, 0.1) is 0 Å². The molecule has 2 aromatic rings. The van der Waals surface area contributed by atoms with Crippen LogP contribution in [0.1, 0.15) is 54.2 Å². The fourth-order valence-corrected chi connectivity index (χ4v) is 3.58. The number of anilines is 1. The Morgan fingerprint density at radius 1 is 1.11 bits per heavy atom. The van der Waals surface area contributed by atoms with Crippen LogP contribution in [0.5, 0.6) is 0 Å². The van der Waals surface area contributed by atoms with Crippen molar-refractivity contribution in [1.29, 1.82) is 0 Å². The van der Waals surface area contributed by atoms with Crippen LogP contribution in [-0.2, 0) is 16.1 Å². The normalized spacial score (nSPS) is 16.4. The maximum absolute atomic E-state index is 12.2. The van der Waals surface area contributed by atoms with Crippen LogP contribution in [0.3, 0.4) is 0 Å². The van der Waals surface area contributed by atoms with Crippen molar-refractivity contribution in [3.63, 3.8) is 0 Å². The highest BCUT2D eigenvalue weighted by atomic mass is 16.2. The molecule has 2 saturated carbocycles. The van der Waals surface area contributed by atoms with E-state index in [1.54, 1.807) is 6.08 Å². The lowest BCUT2D eigenvalue weighted by Gasteiger charge is -2.07. The number of amides is 2. The lowest BCUT2D eigenvalue weighted by Crippen LogP contribution is -2.20. The number of carbonyl (C=O) groups is 2. The standard InChI is InChI=1S/C23H27N3O2/c1-15-13-19(16(2)26(15)21-10-11-21)7-12-22(27)24-14-17-3-8-20(9-4-17)25-23(28)18-5-6-18/h3-4,7-9,12-13,18,21H,5-6,10-11,14H2,1-2H3,(H,24,27)(H,25,28). The summed E-state index contributed by atoms with van der Waals surface area (Å²) in [5, 5.41) is 5.83. The average molecular weight is 377 g/mol. The van der Waals surface area contributed by atoms with E-state index in [9.17, 15) is 9.59 Å². The Labute approximate surface area is 165 Å². The molecule has 4 rings (SSSR count). The van der Waals surface area contributed by atoms with Crippen LogP contribution in [0.4, 0.5) is 5.69 Å². The second-order valence-corrected chi connectivity index (χ2v) is 7.94. The number of aromatic nitrogens is 1. The summed E-state index contributed by atoms with van der Waals surface area (Å²) in [5.74, 6) is 0.189. The minimum atomic E-state index is -0.109. The van der Waals surface area contributed by atoms with E-state index in [4.69, 9.17) is 0 Å². The van der Waals surface area contributed by atoms with E-state index in [1.165, 1.54) is 24.2 Å². The molecule has 1 aromatic heterocycles. The van der Waals surface area contributed by atoms with Crippen molar-refractivity contribution in [2.24, 2.45) is 5.92 Å². The van der Waals surface area contributed by atoms with Gasteiger partial charge in [0.1, 0.15) is 0 Å². The van der Waals surface area contributed by atoms with E-state index in [-0.39, 0.29) is 17.7 Å². The lowest BCUT2D eigenvalue weighted by molar-refractivity contribution is -0.117. The molecule has 2 amide bonds. The Morgan fingerprint density at radius 2 is 1.82 bits per heavy atom. The number of nitrogens with one attached hydrogen (secondary N) is 2. The van der Waals surface area contributed by atoms with Crippen molar-refractivity contribution >= 4 is 23.6 Å². The van der Waals surface area contributed by atoms with Crippen molar-refractivity contribution in [3.05, 3.63) is 58.9 Å². The first-order valence-electron chi connectivity index (χ1n) is 10.1. The van der Waals surface area contributed by atoms with E-state index < -0.39 is 0 Å². The number of hydrogen-bond donors (Lipinski definition) is 2. The molecular formula is C23H27N3O2. The summed E-state index contributed by atoms with van der Waals surface area (Å²) in [7, 11) is 0. The first-order chi connectivity index (χ1) is 13.5. The molecule has 0 radical (unpaired) electrons. The molecule has 1 aromatic carbocycles. The van der Waals surface area contributed by atoms with Gasteiger partial charge < -0.3 is 15.2 Å². The predicted molar refractivity (Wildman–Crippen MR) is 111 cm³/mol. The number of rotatable bonds is 7. The zero-order valence-corrected chi connectivity index (χ0v) is 16.5. The molecule has 1 heterocycles. The summed E-state index contributed by atoms with van der Waals surface area (Å²) in [6.07, 6.45) is 7.99. The van der Waals surface area contributed by atoms with Gasteiger partial charge in [0.2, 0.25) is 11.8 Å². The molecule has 0 spiro atoms. The molecule has 2 aliphatic rings. The molecule has 5 nitrogen and oxygen atoms in total. The third kappa shape index (κ3) is 4.35. The zero-order chi connectivity index (χ0) is 19.7. The first kappa shape index (κ1) is 18.5. The molecule has 0 atom stereocenters. The SMILES string of the molecule is Cc1cc(C=CC(=O)NCc2ccc(NC(=O)C3CC3)cc2)c(C)n1C1CC1. The van der Waals surface area contributed by atoms with Gasteiger partial charge in [-0.15, -0.1) is 0 Å². The molecule has 2 fully saturated rings. The van der Waals surface area contributed by atoms with E-state index in [2.05, 4.69) is 35.1 Å². The van der Waals surface area contributed by atoms with Crippen molar-refractivity contribution in [3.8, 4) is 0 Å². The van der Waals surface area contributed by atoms with Gasteiger partial charge in [-0.2, -0.15) is 0 Å². The molecule has 28 heavy (non-hydrogen) atoms. The summed E-state index contributed by atoms with van der Waals surface area (Å²) < 4.78 is 2.38. The summed E-state index contributed by atoms with van der Waals surface area (Å²) in [4.78, 5) is 23.9. The number of nitrogens with zero attached hydrogens (tertiary/aromatic N) is 1. The van der Waals surface area contributed by atoms with Crippen LogP contribution in [-0.4, -0.2) is 16.4 Å². The Bertz CT molecular complexity index is 916. The highest BCUT2D eigenvalue weighted by molar-refractivity contribution is 5.94. The number of carbonyl (C=O) groups excluding carboxylic acids is 2. The molecule has 5 heteroatoms. The second-order valence-electron chi connectivity index (χ2n) is 7.94. The smallest absolute Gasteiger partial charge is 0.244 e. The van der Waals surface area contributed by atoms with Gasteiger partial charge >= 0.3 is 0 Å². The Morgan fingerprint density at radius 3 is 2.46 bits per heavy atom. The molecule has 2 N–H and O–H groups in total. The maximum Gasteiger partial charge on any atom is 0.244 e. The Hall–Kier alpha value is -2.82. The van der Waals surface area contributed by atoms with Crippen LogP contribution in [0.2, 0.25) is 0 Å². The fraction of sp³-hybridized carbons (Fsp3) is 0.391. The number of hydrogen-bond acceptors (Lipinski definition) is 2. The minimum absolute atomic E-state index is 0.104. The average Bonchev–Trinajstić information content (AvgIpc) is 3.58. The third-order valence-electron chi connectivity index (χ3n) is 5.49. The van der Waals surface area contributed by atoms with Crippen molar-refractivity contribution in [1.82, 2.24) is 9.88 Å². The van der Waals surface area contributed by atoms with Crippen LogP contribution >= 0.6 is 0 Å². The van der Waals surface area contributed by atoms with Crippen LogP contribution in [0.25, 0.3) is 6.08 Å². The van der Waals surface area contributed by atoms with E-state index in [1.807, 2.05) is 30.3 Å². The Balaban J connectivity index is 1.29. The summed E-state index contributed by atoms with van der Waals surface area (Å²) >= 11 is 0. The van der Waals surface area contributed by atoms with Gasteiger partial charge in [0, 0.05) is 41.7 Å². The van der Waals surface area contributed by atoms with Crippen LogP contribution in [0.15, 0.2) is 36.4 Å². The molecule has 146 valence electrons. The highest BCUT2D eigenvalue weighted by Crippen LogP contribution is 2.38. The molecule has 0 saturated heterocycles. The van der Waals surface area contributed by atoms with Crippen LogP contribution < -0.4 is 10.6 Å². The number of benzene rings is 1. The monoisotopic (exact) mass is 377 g/mol. The zero-order valence-electron chi connectivity index (χ0n) is 16.5. The molecule has 0 bridgehead atoms. The van der Waals surface area contributed by atoms with Crippen LogP contribution in [0, 0.1) is 19.8 Å². The highest BCUT2D eigenvalue weighted by Gasteiger charge is 2.29. The largest absolute Gasteiger partial charge is 0.348 e. The summed E-state index contributed by atoms with van der Waals surface area (Å²) in [5.41, 5.74) is 5.40. The van der Waals surface area contributed by atoms with Gasteiger partial charge in [-0.05, 0) is 74.9 Å². The van der Waals surface area contributed by atoms with Gasteiger partial charge in [-0.25, -0.2) is 0 Å². The van der Waals surface area contributed by atoms with Crippen molar-refractivity contribution < 1.29 is 9.59 Å². The maximum atomic E-state index is 12.2. The first-order valence-corrected chi connectivity index (χ1v) is 10.1. The molecule has 2 aliphatic carbocycles. The van der Waals surface area contributed by atoms with E-state index in [0.29, 0.717) is 12.6 Å². The van der Waals surface area contributed by atoms with Crippen molar-refractivity contribution in [2.75, 3.05) is 5.32 Å². The lowest BCUT2D eigenvalue weighted by atomic mass is 10.2. The molecular weight excluding hydrogens is 350 g/mol. The van der Waals surface area contributed by atoms with E-state index in [0.717, 1.165) is 29.7 Å². The third-order valence-corrected chi connectivity index (χ3v) is 5.49. The van der Waals surface area contributed by atoms with Gasteiger partial charge in [-0.1, -0.05) is 12.1 Å².